The third-order valence-electron chi connectivity index (χ3n) is 5.05. The fourth-order valence-corrected chi connectivity index (χ4v) is 4.89. The van der Waals surface area contributed by atoms with Crippen molar-refractivity contribution in [3.8, 4) is 5.75 Å². The van der Waals surface area contributed by atoms with E-state index in [1.54, 1.807) is 19.1 Å². The number of nitro groups is 1. The molecule has 0 radical (unpaired) electrons. The fourth-order valence-electron chi connectivity index (χ4n) is 3.44. The Balaban J connectivity index is 1.56. The van der Waals surface area contributed by atoms with Crippen molar-refractivity contribution in [1.82, 2.24) is 0 Å². The zero-order valence-electron chi connectivity index (χ0n) is 18.2. The number of halogens is 2. The summed E-state index contributed by atoms with van der Waals surface area (Å²) in [6.45, 7) is 4.06. The lowest BCUT2D eigenvalue weighted by Gasteiger charge is -2.12. The Labute approximate surface area is 212 Å². The van der Waals surface area contributed by atoms with Crippen LogP contribution in [0.1, 0.15) is 27.8 Å². The van der Waals surface area contributed by atoms with E-state index in [-0.39, 0.29) is 17.3 Å². The van der Waals surface area contributed by atoms with Gasteiger partial charge in [0.1, 0.15) is 12.4 Å². The van der Waals surface area contributed by atoms with Gasteiger partial charge >= 0.3 is 5.97 Å². The van der Waals surface area contributed by atoms with Crippen molar-refractivity contribution in [3.05, 3.63) is 107 Å². The van der Waals surface area contributed by atoms with Gasteiger partial charge in [-0.05, 0) is 87.2 Å². The van der Waals surface area contributed by atoms with Crippen LogP contribution in [-0.2, 0) is 16.1 Å². The zero-order valence-corrected chi connectivity index (χ0v) is 21.3. The summed E-state index contributed by atoms with van der Waals surface area (Å²) in [4.78, 5) is 27.2. The van der Waals surface area contributed by atoms with Gasteiger partial charge < -0.3 is 9.47 Å². The van der Waals surface area contributed by atoms with Crippen LogP contribution < -0.4 is 4.74 Å². The molecule has 0 spiro atoms. The molecule has 1 aliphatic heterocycles. The van der Waals surface area contributed by atoms with E-state index in [4.69, 9.17) is 9.47 Å². The molecule has 3 aromatic carbocycles. The molecule has 0 saturated heterocycles. The van der Waals surface area contributed by atoms with E-state index >= 15 is 0 Å². The minimum absolute atomic E-state index is 0.0103. The van der Waals surface area contributed by atoms with Crippen LogP contribution in [0.2, 0.25) is 0 Å². The number of ether oxygens (including phenoxy) is 2. The molecule has 1 aliphatic rings. The van der Waals surface area contributed by atoms with Gasteiger partial charge in [0.25, 0.3) is 5.69 Å². The normalized spacial score (nSPS) is 14.2. The third-order valence-corrected chi connectivity index (χ3v) is 6.23. The zero-order chi connectivity index (χ0) is 24.4. The van der Waals surface area contributed by atoms with Crippen molar-refractivity contribution < 1.29 is 19.2 Å². The maximum absolute atomic E-state index is 12.4. The van der Waals surface area contributed by atoms with E-state index in [1.807, 2.05) is 37.3 Å². The lowest BCUT2D eigenvalue weighted by molar-refractivity contribution is -0.385. The van der Waals surface area contributed by atoms with Crippen LogP contribution in [0.25, 0.3) is 6.08 Å². The van der Waals surface area contributed by atoms with Crippen LogP contribution in [0, 0.1) is 24.0 Å². The molecule has 0 bridgehead atoms. The Kier molecular flexibility index (Phi) is 6.95. The molecule has 0 atom stereocenters. The first-order valence-electron chi connectivity index (χ1n) is 10.2. The predicted molar refractivity (Wildman–Crippen MR) is 136 cm³/mol. The predicted octanol–water partition coefficient (Wildman–Crippen LogP) is 6.66. The van der Waals surface area contributed by atoms with Crippen molar-refractivity contribution in [3.63, 3.8) is 0 Å². The molecule has 0 aliphatic carbocycles. The summed E-state index contributed by atoms with van der Waals surface area (Å²) in [5.74, 6) is 0.145. The van der Waals surface area contributed by atoms with Gasteiger partial charge in [-0.25, -0.2) is 9.79 Å². The lowest BCUT2D eigenvalue weighted by Crippen LogP contribution is -2.06. The van der Waals surface area contributed by atoms with Crippen LogP contribution in [0.4, 0.5) is 5.69 Å². The second-order valence-corrected chi connectivity index (χ2v) is 9.39. The first-order valence-corrected chi connectivity index (χ1v) is 11.8. The molecule has 3 aromatic rings. The van der Waals surface area contributed by atoms with Gasteiger partial charge in [0, 0.05) is 17.2 Å². The number of esters is 1. The summed E-state index contributed by atoms with van der Waals surface area (Å²) in [6, 6.07) is 16.2. The molecule has 0 saturated carbocycles. The lowest BCUT2D eigenvalue weighted by atomic mass is 10.1. The molecular weight excluding hydrogens is 568 g/mol. The van der Waals surface area contributed by atoms with Gasteiger partial charge in [0.15, 0.2) is 5.70 Å². The van der Waals surface area contributed by atoms with Gasteiger partial charge in [-0.15, -0.1) is 0 Å². The number of nitro benzene ring substituents is 1. The molecular formula is C25H18Br2N2O5. The number of hydrogen-bond donors (Lipinski definition) is 0. The number of hydrogen-bond acceptors (Lipinski definition) is 6. The topological polar surface area (TPSA) is 91.0 Å². The van der Waals surface area contributed by atoms with Gasteiger partial charge in [0.2, 0.25) is 5.90 Å². The van der Waals surface area contributed by atoms with Crippen molar-refractivity contribution >= 4 is 55.5 Å². The van der Waals surface area contributed by atoms with Gasteiger partial charge in [-0.1, -0.05) is 29.8 Å². The smallest absolute Gasteiger partial charge is 0.363 e. The molecule has 7 nitrogen and oxygen atoms in total. The quantitative estimate of drug-likeness (QED) is 0.140. The SMILES string of the molecule is Cc1cccc(COc2c(Br)cc(/C=C3\N=C(c4ccc([N+](=O)[O-])c(C)c4)OC3=O)cc2Br)c1. The Morgan fingerprint density at radius 1 is 1.09 bits per heavy atom. The van der Waals surface area contributed by atoms with Gasteiger partial charge in [0.05, 0.1) is 13.9 Å². The Morgan fingerprint density at radius 2 is 1.82 bits per heavy atom. The molecule has 1 heterocycles. The fraction of sp³-hybridized carbons (Fsp3) is 0.120. The third kappa shape index (κ3) is 5.26. The highest BCUT2D eigenvalue weighted by Crippen LogP contribution is 2.36. The second-order valence-electron chi connectivity index (χ2n) is 7.69. The van der Waals surface area contributed by atoms with E-state index in [2.05, 4.69) is 42.9 Å². The minimum Gasteiger partial charge on any atom is -0.487 e. The highest BCUT2D eigenvalue weighted by Gasteiger charge is 2.25. The standard InChI is InChI=1S/C25H18Br2N2O5/c1-14-4-3-5-16(8-14)13-33-23-19(26)10-17(11-20(23)27)12-21-25(30)34-24(28-21)18-6-7-22(29(31)32)15(2)9-18/h3-12H,13H2,1-2H3/b21-12-. The van der Waals surface area contributed by atoms with E-state index in [0.29, 0.717) is 38.0 Å². The number of carbonyl (C=O) groups excluding carboxylic acids is 1. The number of carbonyl (C=O) groups is 1. The molecule has 34 heavy (non-hydrogen) atoms. The first kappa shape index (κ1) is 23.8. The molecule has 9 heteroatoms. The number of nitrogens with zero attached hydrogens (tertiary/aromatic N) is 2. The summed E-state index contributed by atoms with van der Waals surface area (Å²) in [7, 11) is 0. The monoisotopic (exact) mass is 584 g/mol. The maximum atomic E-state index is 12.4. The number of cyclic esters (lactones) is 1. The molecule has 0 aromatic heterocycles. The van der Waals surface area contributed by atoms with E-state index in [9.17, 15) is 14.9 Å². The van der Waals surface area contributed by atoms with Gasteiger partial charge in [-0.3, -0.25) is 10.1 Å². The summed E-state index contributed by atoms with van der Waals surface area (Å²) < 4.78 is 12.7. The number of rotatable bonds is 6. The van der Waals surface area contributed by atoms with Crippen molar-refractivity contribution in [2.45, 2.75) is 20.5 Å². The summed E-state index contributed by atoms with van der Waals surface area (Å²) in [5.41, 5.74) is 3.98. The second kappa shape index (κ2) is 9.90. The first-order chi connectivity index (χ1) is 16.2. The minimum atomic E-state index is -0.599. The maximum Gasteiger partial charge on any atom is 0.363 e. The summed E-state index contributed by atoms with van der Waals surface area (Å²) >= 11 is 7.07. The average molecular weight is 586 g/mol. The molecule has 0 amide bonds. The molecule has 4 rings (SSSR count). The van der Waals surface area contributed by atoms with Crippen LogP contribution >= 0.6 is 31.9 Å². The van der Waals surface area contributed by atoms with E-state index < -0.39 is 10.9 Å². The van der Waals surface area contributed by atoms with Crippen molar-refractivity contribution in [1.29, 1.82) is 0 Å². The van der Waals surface area contributed by atoms with Crippen molar-refractivity contribution in [2.24, 2.45) is 4.99 Å². The number of aliphatic imine (C=N–C) groups is 1. The van der Waals surface area contributed by atoms with Crippen LogP contribution in [0.3, 0.4) is 0 Å². The number of benzene rings is 3. The summed E-state index contributed by atoms with van der Waals surface area (Å²) in [6.07, 6.45) is 1.60. The Hall–Kier alpha value is -3.30. The molecule has 0 unspecified atom stereocenters. The molecule has 0 fully saturated rings. The Morgan fingerprint density at radius 3 is 2.47 bits per heavy atom. The van der Waals surface area contributed by atoms with Crippen LogP contribution in [0.5, 0.6) is 5.75 Å². The largest absolute Gasteiger partial charge is 0.487 e. The summed E-state index contributed by atoms with van der Waals surface area (Å²) in [5, 5.41) is 11.0. The molecule has 0 N–H and O–H groups in total. The van der Waals surface area contributed by atoms with E-state index in [0.717, 1.165) is 11.1 Å². The average Bonchev–Trinajstić information content (AvgIpc) is 3.13. The van der Waals surface area contributed by atoms with Crippen LogP contribution in [-0.4, -0.2) is 16.8 Å². The van der Waals surface area contributed by atoms with Gasteiger partial charge in [-0.2, -0.15) is 0 Å². The Bertz CT molecular complexity index is 1360. The van der Waals surface area contributed by atoms with Crippen LogP contribution in [0.15, 0.2) is 74.2 Å². The number of aryl methyl sites for hydroxylation is 2. The van der Waals surface area contributed by atoms with Crippen molar-refractivity contribution in [2.75, 3.05) is 0 Å². The highest BCUT2D eigenvalue weighted by atomic mass is 79.9. The van der Waals surface area contributed by atoms with E-state index in [1.165, 1.54) is 12.1 Å². The molecule has 172 valence electrons. The highest BCUT2D eigenvalue weighted by molar-refractivity contribution is 9.11.